The molecule has 0 aromatic rings. The minimum absolute atomic E-state index is 0.135. The monoisotopic (exact) mass is 161 g/mol. The molecular formula is C7H15NO3. The van der Waals surface area contributed by atoms with Crippen LogP contribution in [-0.4, -0.2) is 35.4 Å². The first-order valence-electron chi connectivity index (χ1n) is 3.73. The molecule has 1 unspecified atom stereocenters. The van der Waals surface area contributed by atoms with Crippen molar-refractivity contribution in [2.75, 3.05) is 13.2 Å². The van der Waals surface area contributed by atoms with Crippen LogP contribution in [0.1, 0.15) is 19.8 Å². The zero-order valence-electron chi connectivity index (χ0n) is 6.71. The number of carboxylic acids is 1. The van der Waals surface area contributed by atoms with Crippen LogP contribution in [0.4, 0.5) is 0 Å². The predicted molar refractivity (Wildman–Crippen MR) is 41.4 cm³/mol. The van der Waals surface area contributed by atoms with Crippen molar-refractivity contribution in [1.82, 2.24) is 5.32 Å². The molecule has 0 radical (unpaired) electrons. The maximum atomic E-state index is 10.0. The average Bonchev–Trinajstić information content (AvgIpc) is 1.87. The van der Waals surface area contributed by atoms with Crippen molar-refractivity contribution in [3.8, 4) is 0 Å². The number of aliphatic carboxylic acids is 1. The quantitative estimate of drug-likeness (QED) is 0.505. The molecular weight excluding hydrogens is 146 g/mol. The summed E-state index contributed by atoms with van der Waals surface area (Å²) >= 11 is 0. The third-order valence-electron chi connectivity index (χ3n) is 1.39. The second-order valence-electron chi connectivity index (χ2n) is 2.51. The topological polar surface area (TPSA) is 69.6 Å². The number of hydrogen-bond donors (Lipinski definition) is 3. The second-order valence-corrected chi connectivity index (χ2v) is 2.51. The van der Waals surface area contributed by atoms with E-state index < -0.39 is 5.97 Å². The molecule has 11 heavy (non-hydrogen) atoms. The van der Waals surface area contributed by atoms with E-state index in [1.807, 2.05) is 6.92 Å². The van der Waals surface area contributed by atoms with Gasteiger partial charge in [-0.25, -0.2) is 0 Å². The molecule has 0 aliphatic carbocycles. The van der Waals surface area contributed by atoms with Gasteiger partial charge in [-0.1, -0.05) is 0 Å². The zero-order valence-corrected chi connectivity index (χ0v) is 6.71. The summed E-state index contributed by atoms with van der Waals surface area (Å²) in [7, 11) is 0. The summed E-state index contributed by atoms with van der Waals surface area (Å²) in [6.07, 6.45) is 0.801. The summed E-state index contributed by atoms with van der Waals surface area (Å²) in [6, 6.07) is 0.194. The Bertz CT molecular complexity index is 116. The first kappa shape index (κ1) is 10.4. The van der Waals surface area contributed by atoms with Crippen molar-refractivity contribution in [2.24, 2.45) is 0 Å². The molecule has 3 N–H and O–H groups in total. The van der Waals surface area contributed by atoms with E-state index in [1.54, 1.807) is 0 Å². The molecule has 0 aliphatic rings. The van der Waals surface area contributed by atoms with Crippen LogP contribution < -0.4 is 5.32 Å². The first-order chi connectivity index (χ1) is 5.16. The highest BCUT2D eigenvalue weighted by Gasteiger charge is 2.00. The molecule has 4 heteroatoms. The van der Waals surface area contributed by atoms with Crippen molar-refractivity contribution in [1.29, 1.82) is 0 Å². The van der Waals surface area contributed by atoms with Gasteiger partial charge < -0.3 is 15.5 Å². The summed E-state index contributed by atoms with van der Waals surface area (Å²) in [6.45, 7) is 2.52. The fourth-order valence-corrected chi connectivity index (χ4v) is 0.721. The minimum Gasteiger partial charge on any atom is -0.481 e. The van der Waals surface area contributed by atoms with Gasteiger partial charge in [0.05, 0.1) is 6.42 Å². The second kappa shape index (κ2) is 6.12. The SMILES string of the molecule is CC(CCO)NCCC(=O)O. The highest BCUT2D eigenvalue weighted by Crippen LogP contribution is 1.88. The van der Waals surface area contributed by atoms with Crippen LogP contribution in [0, 0.1) is 0 Å². The molecule has 0 heterocycles. The first-order valence-corrected chi connectivity index (χ1v) is 3.73. The number of hydrogen-bond acceptors (Lipinski definition) is 3. The van der Waals surface area contributed by atoms with E-state index in [9.17, 15) is 4.79 Å². The highest BCUT2D eigenvalue weighted by molar-refractivity contribution is 5.66. The molecule has 0 saturated heterocycles. The van der Waals surface area contributed by atoms with Gasteiger partial charge in [-0.2, -0.15) is 0 Å². The van der Waals surface area contributed by atoms with Crippen LogP contribution >= 0.6 is 0 Å². The van der Waals surface area contributed by atoms with Gasteiger partial charge in [0.1, 0.15) is 0 Å². The van der Waals surface area contributed by atoms with Crippen molar-refractivity contribution in [3.63, 3.8) is 0 Å². The Morgan fingerprint density at radius 1 is 1.64 bits per heavy atom. The number of carbonyl (C=O) groups is 1. The van der Waals surface area contributed by atoms with Gasteiger partial charge in [0, 0.05) is 19.2 Å². The van der Waals surface area contributed by atoms with Gasteiger partial charge in [0.2, 0.25) is 0 Å². The van der Waals surface area contributed by atoms with Crippen LogP contribution in [0.2, 0.25) is 0 Å². The van der Waals surface area contributed by atoms with Gasteiger partial charge >= 0.3 is 5.97 Å². The third-order valence-corrected chi connectivity index (χ3v) is 1.39. The fraction of sp³-hybridized carbons (Fsp3) is 0.857. The Hall–Kier alpha value is -0.610. The zero-order chi connectivity index (χ0) is 8.69. The van der Waals surface area contributed by atoms with Crippen molar-refractivity contribution in [3.05, 3.63) is 0 Å². The number of aliphatic hydroxyl groups excluding tert-OH is 1. The fourth-order valence-electron chi connectivity index (χ4n) is 0.721. The lowest BCUT2D eigenvalue weighted by atomic mass is 10.2. The average molecular weight is 161 g/mol. The van der Waals surface area contributed by atoms with E-state index in [4.69, 9.17) is 10.2 Å². The molecule has 0 fully saturated rings. The molecule has 0 aromatic carbocycles. The Morgan fingerprint density at radius 2 is 2.27 bits per heavy atom. The van der Waals surface area contributed by atoms with Crippen LogP contribution in [0.15, 0.2) is 0 Å². The standard InChI is InChI=1S/C7H15NO3/c1-6(3-5-9)8-4-2-7(10)11/h6,8-9H,2-5H2,1H3,(H,10,11). The number of aliphatic hydroxyl groups is 1. The smallest absolute Gasteiger partial charge is 0.304 e. The lowest BCUT2D eigenvalue weighted by molar-refractivity contribution is -0.136. The number of rotatable bonds is 6. The van der Waals surface area contributed by atoms with E-state index in [0.29, 0.717) is 13.0 Å². The van der Waals surface area contributed by atoms with Crippen LogP contribution in [0.3, 0.4) is 0 Å². The molecule has 4 nitrogen and oxygen atoms in total. The van der Waals surface area contributed by atoms with Gasteiger partial charge in [-0.3, -0.25) is 4.79 Å². The Labute approximate surface area is 66.2 Å². The molecule has 0 spiro atoms. The van der Waals surface area contributed by atoms with Gasteiger partial charge in [-0.05, 0) is 13.3 Å². The predicted octanol–water partition coefficient (Wildman–Crippen LogP) is -0.178. The van der Waals surface area contributed by atoms with Crippen molar-refractivity contribution >= 4 is 5.97 Å². The Balaban J connectivity index is 3.16. The molecule has 1 atom stereocenters. The van der Waals surface area contributed by atoms with E-state index in [1.165, 1.54) is 0 Å². The maximum Gasteiger partial charge on any atom is 0.304 e. The molecule has 0 rings (SSSR count). The molecule has 0 bridgehead atoms. The third kappa shape index (κ3) is 7.29. The van der Waals surface area contributed by atoms with Crippen LogP contribution in [-0.2, 0) is 4.79 Å². The largest absolute Gasteiger partial charge is 0.481 e. The summed E-state index contributed by atoms with van der Waals surface area (Å²) in [4.78, 5) is 10.0. The number of carboxylic acid groups (broad SMARTS) is 1. The van der Waals surface area contributed by atoms with E-state index in [-0.39, 0.29) is 19.1 Å². The lowest BCUT2D eigenvalue weighted by Crippen LogP contribution is -2.29. The van der Waals surface area contributed by atoms with E-state index in [0.717, 1.165) is 0 Å². The molecule has 0 saturated carbocycles. The molecule has 66 valence electrons. The Morgan fingerprint density at radius 3 is 2.73 bits per heavy atom. The van der Waals surface area contributed by atoms with E-state index in [2.05, 4.69) is 5.32 Å². The van der Waals surface area contributed by atoms with Gasteiger partial charge in [0.15, 0.2) is 0 Å². The van der Waals surface area contributed by atoms with Gasteiger partial charge in [-0.15, -0.1) is 0 Å². The summed E-state index contributed by atoms with van der Waals surface area (Å²) < 4.78 is 0. The summed E-state index contributed by atoms with van der Waals surface area (Å²) in [5, 5.41) is 19.7. The highest BCUT2D eigenvalue weighted by atomic mass is 16.4. The molecule has 0 aliphatic heterocycles. The summed E-state index contributed by atoms with van der Waals surface area (Å²) in [5.74, 6) is -0.798. The normalized spacial score (nSPS) is 12.9. The maximum absolute atomic E-state index is 10.0. The van der Waals surface area contributed by atoms with Crippen molar-refractivity contribution in [2.45, 2.75) is 25.8 Å². The molecule has 0 amide bonds. The number of nitrogens with one attached hydrogen (secondary N) is 1. The lowest BCUT2D eigenvalue weighted by Gasteiger charge is -2.10. The van der Waals surface area contributed by atoms with Crippen molar-refractivity contribution < 1.29 is 15.0 Å². The summed E-state index contributed by atoms with van der Waals surface area (Å²) in [5.41, 5.74) is 0. The van der Waals surface area contributed by atoms with Crippen LogP contribution in [0.25, 0.3) is 0 Å². The Kier molecular flexibility index (Phi) is 5.78. The minimum atomic E-state index is -0.798. The van der Waals surface area contributed by atoms with E-state index >= 15 is 0 Å². The van der Waals surface area contributed by atoms with Crippen LogP contribution in [0.5, 0.6) is 0 Å². The molecule has 0 aromatic heterocycles. The van der Waals surface area contributed by atoms with Gasteiger partial charge in [0.25, 0.3) is 0 Å².